The topological polar surface area (TPSA) is 48.0 Å². The lowest BCUT2D eigenvalue weighted by atomic mass is 9.87. The maximum absolute atomic E-state index is 12.1. The zero-order valence-corrected chi connectivity index (χ0v) is 12.4. The van der Waals surface area contributed by atoms with Gasteiger partial charge in [0, 0.05) is 12.6 Å². The molecule has 1 spiro atoms. The Balaban J connectivity index is 1.95. The van der Waals surface area contributed by atoms with Crippen molar-refractivity contribution in [1.29, 1.82) is 0 Å². The fourth-order valence-corrected chi connectivity index (χ4v) is 2.77. The first-order valence-electron chi connectivity index (χ1n) is 7.03. The van der Waals surface area contributed by atoms with Crippen LogP contribution in [0.4, 0.5) is 4.79 Å². The summed E-state index contributed by atoms with van der Waals surface area (Å²) < 4.78 is 16.9. The van der Waals surface area contributed by atoms with Gasteiger partial charge >= 0.3 is 6.09 Å². The lowest BCUT2D eigenvalue weighted by Crippen LogP contribution is -2.56. The predicted molar refractivity (Wildman–Crippen MR) is 71.1 cm³/mol. The van der Waals surface area contributed by atoms with Crippen molar-refractivity contribution in [3.05, 3.63) is 0 Å². The molecule has 2 unspecified atom stereocenters. The van der Waals surface area contributed by atoms with Crippen molar-refractivity contribution in [2.75, 3.05) is 26.4 Å². The SMILES string of the molecule is CC1CC2(CCN1C(=O)OC(C)(C)C)COCCO2. The number of hydrogen-bond acceptors (Lipinski definition) is 4. The van der Waals surface area contributed by atoms with E-state index in [1.54, 1.807) is 4.90 Å². The third-order valence-electron chi connectivity index (χ3n) is 3.64. The first-order chi connectivity index (χ1) is 8.81. The van der Waals surface area contributed by atoms with Gasteiger partial charge in [0.2, 0.25) is 0 Å². The van der Waals surface area contributed by atoms with Crippen molar-refractivity contribution in [1.82, 2.24) is 4.90 Å². The van der Waals surface area contributed by atoms with Crippen LogP contribution < -0.4 is 0 Å². The van der Waals surface area contributed by atoms with E-state index in [0.29, 0.717) is 26.4 Å². The molecule has 2 rings (SSSR count). The average Bonchev–Trinajstić information content (AvgIpc) is 2.27. The summed E-state index contributed by atoms with van der Waals surface area (Å²) in [7, 11) is 0. The Morgan fingerprint density at radius 1 is 1.37 bits per heavy atom. The molecule has 5 heteroatoms. The van der Waals surface area contributed by atoms with Crippen LogP contribution in [0, 0.1) is 0 Å². The largest absolute Gasteiger partial charge is 0.444 e. The molecule has 0 aromatic heterocycles. The van der Waals surface area contributed by atoms with E-state index >= 15 is 0 Å². The number of piperidine rings is 1. The highest BCUT2D eigenvalue weighted by atomic mass is 16.6. The predicted octanol–water partition coefficient (Wildman–Crippen LogP) is 2.19. The van der Waals surface area contributed by atoms with Crippen molar-refractivity contribution in [3.63, 3.8) is 0 Å². The molecule has 5 nitrogen and oxygen atoms in total. The van der Waals surface area contributed by atoms with Gasteiger partial charge in [-0.1, -0.05) is 0 Å². The van der Waals surface area contributed by atoms with Crippen molar-refractivity contribution >= 4 is 6.09 Å². The number of ether oxygens (including phenoxy) is 3. The molecule has 2 aliphatic rings. The molecule has 2 atom stereocenters. The molecule has 0 aliphatic carbocycles. The lowest BCUT2D eigenvalue weighted by molar-refractivity contribution is -0.182. The molecule has 0 aromatic rings. The van der Waals surface area contributed by atoms with E-state index in [0.717, 1.165) is 12.8 Å². The van der Waals surface area contributed by atoms with E-state index in [-0.39, 0.29) is 17.7 Å². The number of amides is 1. The second-order valence-electron chi connectivity index (χ2n) is 6.56. The summed E-state index contributed by atoms with van der Waals surface area (Å²) in [5.74, 6) is 0. The quantitative estimate of drug-likeness (QED) is 0.677. The smallest absolute Gasteiger partial charge is 0.410 e. The number of nitrogens with zero attached hydrogens (tertiary/aromatic N) is 1. The molecular weight excluding hydrogens is 246 g/mol. The van der Waals surface area contributed by atoms with E-state index in [1.165, 1.54) is 0 Å². The van der Waals surface area contributed by atoms with Crippen molar-refractivity contribution in [2.24, 2.45) is 0 Å². The van der Waals surface area contributed by atoms with E-state index in [9.17, 15) is 4.79 Å². The highest BCUT2D eigenvalue weighted by molar-refractivity contribution is 5.68. The lowest BCUT2D eigenvalue weighted by Gasteiger charge is -2.46. The van der Waals surface area contributed by atoms with Crippen molar-refractivity contribution in [3.8, 4) is 0 Å². The van der Waals surface area contributed by atoms with Gasteiger partial charge in [-0.3, -0.25) is 0 Å². The second-order valence-corrected chi connectivity index (χ2v) is 6.56. The number of carbonyl (C=O) groups excluding carboxylic acids is 1. The van der Waals surface area contributed by atoms with Gasteiger partial charge < -0.3 is 19.1 Å². The van der Waals surface area contributed by atoms with Crippen molar-refractivity contribution in [2.45, 2.75) is 57.8 Å². The Kier molecular flexibility index (Phi) is 4.06. The maximum Gasteiger partial charge on any atom is 0.410 e. The van der Waals surface area contributed by atoms with Crippen LogP contribution in [0.1, 0.15) is 40.5 Å². The molecule has 2 aliphatic heterocycles. The van der Waals surface area contributed by atoms with Gasteiger partial charge in [0.1, 0.15) is 5.60 Å². The third-order valence-corrected chi connectivity index (χ3v) is 3.64. The Morgan fingerprint density at radius 2 is 2.11 bits per heavy atom. The van der Waals surface area contributed by atoms with Crippen LogP contribution in [0.15, 0.2) is 0 Å². The summed E-state index contributed by atoms with van der Waals surface area (Å²) in [6, 6.07) is 0.116. The fraction of sp³-hybridized carbons (Fsp3) is 0.929. The van der Waals surface area contributed by atoms with Crippen LogP contribution in [0.2, 0.25) is 0 Å². The number of rotatable bonds is 0. The van der Waals surface area contributed by atoms with E-state index in [2.05, 4.69) is 0 Å². The number of hydrogen-bond donors (Lipinski definition) is 0. The minimum Gasteiger partial charge on any atom is -0.444 e. The summed E-state index contributed by atoms with van der Waals surface area (Å²) in [4.78, 5) is 13.9. The Hall–Kier alpha value is -0.810. The molecule has 0 radical (unpaired) electrons. The monoisotopic (exact) mass is 271 g/mol. The average molecular weight is 271 g/mol. The van der Waals surface area contributed by atoms with E-state index in [4.69, 9.17) is 14.2 Å². The van der Waals surface area contributed by atoms with Gasteiger partial charge in [-0.2, -0.15) is 0 Å². The van der Waals surface area contributed by atoms with Crippen LogP contribution in [0.3, 0.4) is 0 Å². The Labute approximate surface area is 115 Å². The summed E-state index contributed by atoms with van der Waals surface area (Å²) in [6.07, 6.45) is 1.40. The molecule has 110 valence electrons. The molecule has 2 saturated heterocycles. The highest BCUT2D eigenvalue weighted by Gasteiger charge is 2.43. The van der Waals surface area contributed by atoms with E-state index in [1.807, 2.05) is 27.7 Å². The van der Waals surface area contributed by atoms with Gasteiger partial charge in [0.15, 0.2) is 0 Å². The van der Waals surface area contributed by atoms with Gasteiger partial charge in [0.25, 0.3) is 0 Å². The molecule has 19 heavy (non-hydrogen) atoms. The fourth-order valence-electron chi connectivity index (χ4n) is 2.77. The normalized spacial score (nSPS) is 32.4. The summed E-state index contributed by atoms with van der Waals surface area (Å²) >= 11 is 0. The van der Waals surface area contributed by atoms with Crippen molar-refractivity contribution < 1.29 is 19.0 Å². The van der Waals surface area contributed by atoms with E-state index < -0.39 is 5.60 Å². The molecule has 1 amide bonds. The van der Waals surface area contributed by atoms with Crippen LogP contribution in [-0.4, -0.2) is 54.6 Å². The zero-order chi connectivity index (χ0) is 14.1. The molecule has 2 heterocycles. The third kappa shape index (κ3) is 3.60. The highest BCUT2D eigenvalue weighted by Crippen LogP contribution is 2.33. The summed E-state index contributed by atoms with van der Waals surface area (Å²) in [5.41, 5.74) is -0.646. The van der Waals surface area contributed by atoms with Gasteiger partial charge in [-0.05, 0) is 40.5 Å². The summed E-state index contributed by atoms with van der Waals surface area (Å²) in [5, 5.41) is 0. The number of likely N-dealkylation sites (tertiary alicyclic amines) is 1. The first kappa shape index (κ1) is 14.6. The van der Waals surface area contributed by atoms with Gasteiger partial charge in [0.05, 0.1) is 25.4 Å². The molecule has 0 saturated carbocycles. The van der Waals surface area contributed by atoms with Crippen LogP contribution in [0.5, 0.6) is 0 Å². The first-order valence-corrected chi connectivity index (χ1v) is 7.03. The van der Waals surface area contributed by atoms with Gasteiger partial charge in [-0.25, -0.2) is 4.79 Å². The Morgan fingerprint density at radius 3 is 2.63 bits per heavy atom. The van der Waals surface area contributed by atoms with Crippen LogP contribution in [0.25, 0.3) is 0 Å². The maximum atomic E-state index is 12.1. The minimum absolute atomic E-state index is 0.116. The standard InChI is InChI=1S/C14H25NO4/c1-11-9-14(10-17-7-8-18-14)5-6-15(11)12(16)19-13(2,3)4/h11H,5-10H2,1-4H3. The van der Waals surface area contributed by atoms with Crippen LogP contribution in [-0.2, 0) is 14.2 Å². The minimum atomic E-state index is -0.448. The Bertz CT molecular complexity index is 331. The molecular formula is C14H25NO4. The van der Waals surface area contributed by atoms with Gasteiger partial charge in [-0.15, -0.1) is 0 Å². The summed E-state index contributed by atoms with van der Waals surface area (Å²) in [6.45, 7) is 10.3. The number of carbonyl (C=O) groups is 1. The zero-order valence-electron chi connectivity index (χ0n) is 12.4. The second kappa shape index (κ2) is 5.29. The molecule has 0 aromatic carbocycles. The van der Waals surface area contributed by atoms with Crippen LogP contribution >= 0.6 is 0 Å². The molecule has 0 N–H and O–H groups in total. The molecule has 2 fully saturated rings. The molecule has 0 bridgehead atoms.